The molecule has 3 aromatic rings. The zero-order valence-corrected chi connectivity index (χ0v) is 17.1. The molecule has 2 aromatic heterocycles. The van der Waals surface area contributed by atoms with Crippen LogP contribution in [0.5, 0.6) is 0 Å². The summed E-state index contributed by atoms with van der Waals surface area (Å²) in [5, 5.41) is 8.28. The van der Waals surface area contributed by atoms with E-state index in [0.717, 1.165) is 48.4 Å². The second-order valence-corrected chi connectivity index (χ2v) is 7.72. The van der Waals surface area contributed by atoms with Gasteiger partial charge in [0.25, 0.3) is 5.91 Å². The number of hydrogen-bond acceptors (Lipinski definition) is 5. The molecule has 1 aliphatic rings. The van der Waals surface area contributed by atoms with Crippen molar-refractivity contribution in [3.63, 3.8) is 0 Å². The monoisotopic (exact) mass is 430 g/mol. The van der Waals surface area contributed by atoms with Crippen molar-refractivity contribution in [1.29, 1.82) is 0 Å². The van der Waals surface area contributed by atoms with Gasteiger partial charge in [0.1, 0.15) is 12.4 Å². The molecule has 9 heteroatoms. The van der Waals surface area contributed by atoms with Crippen LogP contribution in [0.15, 0.2) is 41.8 Å². The number of fused-ring (bicyclic) bond motifs is 1. The molecule has 2 N–H and O–H groups in total. The first kappa shape index (κ1) is 19.8. The van der Waals surface area contributed by atoms with Crippen LogP contribution in [0.3, 0.4) is 0 Å². The Morgan fingerprint density at radius 3 is 2.72 bits per heavy atom. The quantitative estimate of drug-likeness (QED) is 0.480. The van der Waals surface area contributed by atoms with Gasteiger partial charge in [0, 0.05) is 18.3 Å². The van der Waals surface area contributed by atoms with Gasteiger partial charge in [-0.15, -0.1) is 0 Å². The fourth-order valence-corrected chi connectivity index (χ4v) is 3.82. The van der Waals surface area contributed by atoms with E-state index in [1.807, 2.05) is 4.57 Å². The van der Waals surface area contributed by atoms with Gasteiger partial charge in [-0.3, -0.25) is 9.78 Å². The Hall–Kier alpha value is -2.48. The van der Waals surface area contributed by atoms with Gasteiger partial charge in [-0.2, -0.15) is 5.10 Å². The van der Waals surface area contributed by atoms with Gasteiger partial charge in [-0.05, 0) is 55.8 Å². The van der Waals surface area contributed by atoms with Gasteiger partial charge in [0.05, 0.1) is 27.3 Å². The first-order valence-corrected chi connectivity index (χ1v) is 10.2. The van der Waals surface area contributed by atoms with Crippen molar-refractivity contribution in [2.75, 3.05) is 13.1 Å². The summed E-state index contributed by atoms with van der Waals surface area (Å²) in [6.45, 7) is 1.96. The predicted octanol–water partition coefficient (Wildman–Crippen LogP) is 3.36. The van der Waals surface area contributed by atoms with E-state index in [0.29, 0.717) is 10.0 Å². The average molecular weight is 431 g/mol. The molecule has 0 radical (unpaired) electrons. The number of pyridine rings is 1. The minimum Gasteiger partial charge on any atom is -0.318 e. The van der Waals surface area contributed by atoms with Gasteiger partial charge in [0.15, 0.2) is 0 Å². The maximum Gasteiger partial charge on any atom is 0.260 e. The van der Waals surface area contributed by atoms with Crippen molar-refractivity contribution >= 4 is 46.4 Å². The van der Waals surface area contributed by atoms with Crippen molar-refractivity contribution in [2.45, 2.75) is 25.3 Å². The van der Waals surface area contributed by atoms with Crippen molar-refractivity contribution in [2.24, 2.45) is 5.10 Å². The normalized spacial score (nSPS) is 15.2. The van der Waals surface area contributed by atoms with Crippen molar-refractivity contribution in [3.05, 3.63) is 58.1 Å². The number of hydrogen-bond donors (Lipinski definition) is 2. The number of imidazole rings is 1. The third-order valence-electron chi connectivity index (χ3n) is 4.93. The first-order chi connectivity index (χ1) is 14.1. The topological polar surface area (TPSA) is 84.2 Å². The molecule has 1 aromatic carbocycles. The number of amides is 1. The molecule has 0 spiro atoms. The lowest BCUT2D eigenvalue weighted by Crippen LogP contribution is -2.30. The van der Waals surface area contributed by atoms with E-state index >= 15 is 0 Å². The SMILES string of the molecule is O=C(Cn1c(C2CCNCC2)nc2cc(Cl)c(Cl)cc21)N/N=C/c1ccncc1. The van der Waals surface area contributed by atoms with E-state index in [1.165, 1.54) is 0 Å². The molecule has 4 rings (SSSR count). The Morgan fingerprint density at radius 1 is 1.24 bits per heavy atom. The molecular weight excluding hydrogens is 411 g/mol. The Balaban J connectivity index is 1.59. The van der Waals surface area contributed by atoms with Crippen LogP contribution in [0.2, 0.25) is 10.0 Å². The van der Waals surface area contributed by atoms with Gasteiger partial charge >= 0.3 is 0 Å². The van der Waals surface area contributed by atoms with Crippen LogP contribution in [-0.2, 0) is 11.3 Å². The standard InChI is InChI=1S/C20H20Cl2N6O/c21-15-9-17-18(10-16(15)22)28(20(26-17)14-3-7-24-8-4-14)12-19(29)27-25-11-13-1-5-23-6-2-13/h1-2,5-6,9-11,14,24H,3-4,7-8,12H2,(H,27,29)/b25-11+. The molecule has 150 valence electrons. The zero-order chi connectivity index (χ0) is 20.2. The summed E-state index contributed by atoms with van der Waals surface area (Å²) in [5.41, 5.74) is 4.96. The van der Waals surface area contributed by atoms with Crippen molar-refractivity contribution < 1.29 is 4.79 Å². The predicted molar refractivity (Wildman–Crippen MR) is 115 cm³/mol. The maximum atomic E-state index is 12.6. The molecule has 1 saturated heterocycles. The summed E-state index contributed by atoms with van der Waals surface area (Å²) in [5.74, 6) is 0.915. The van der Waals surface area contributed by atoms with Crippen LogP contribution in [0.1, 0.15) is 30.1 Å². The summed E-state index contributed by atoms with van der Waals surface area (Å²) in [6, 6.07) is 7.13. The lowest BCUT2D eigenvalue weighted by molar-refractivity contribution is -0.121. The third kappa shape index (κ3) is 4.58. The molecule has 0 saturated carbocycles. The average Bonchev–Trinajstić information content (AvgIpc) is 3.07. The Kier molecular flexibility index (Phi) is 6.08. The number of benzene rings is 1. The summed E-state index contributed by atoms with van der Waals surface area (Å²) < 4.78 is 1.92. The van der Waals surface area contributed by atoms with Gasteiger partial charge in [0.2, 0.25) is 0 Å². The number of piperidine rings is 1. The van der Waals surface area contributed by atoms with Gasteiger partial charge in [-0.25, -0.2) is 10.4 Å². The lowest BCUT2D eigenvalue weighted by Gasteiger charge is -2.23. The summed E-state index contributed by atoms with van der Waals surface area (Å²) in [7, 11) is 0. The van der Waals surface area contributed by atoms with E-state index in [1.54, 1.807) is 42.9 Å². The first-order valence-electron chi connectivity index (χ1n) is 9.39. The van der Waals surface area contributed by atoms with Crippen LogP contribution >= 0.6 is 23.2 Å². The Labute approximate surface area is 178 Å². The number of halogens is 2. The summed E-state index contributed by atoms with van der Waals surface area (Å²) in [6.07, 6.45) is 6.84. The number of rotatable bonds is 5. The second kappa shape index (κ2) is 8.90. The smallest absolute Gasteiger partial charge is 0.260 e. The molecule has 7 nitrogen and oxygen atoms in total. The lowest BCUT2D eigenvalue weighted by atomic mass is 9.97. The minimum atomic E-state index is -0.240. The fourth-order valence-electron chi connectivity index (χ4n) is 3.50. The number of nitrogens with zero attached hydrogens (tertiary/aromatic N) is 4. The Bertz CT molecular complexity index is 1040. The van der Waals surface area contributed by atoms with E-state index in [9.17, 15) is 4.79 Å². The van der Waals surface area contributed by atoms with Crippen molar-refractivity contribution in [1.82, 2.24) is 25.3 Å². The molecule has 1 aliphatic heterocycles. The molecular formula is C20H20Cl2N6O. The fraction of sp³-hybridized carbons (Fsp3) is 0.300. The van der Waals surface area contributed by atoms with Gasteiger partial charge < -0.3 is 9.88 Å². The number of carbonyl (C=O) groups is 1. The molecule has 3 heterocycles. The molecule has 0 unspecified atom stereocenters. The number of nitrogens with one attached hydrogen (secondary N) is 2. The van der Waals surface area contributed by atoms with Crippen LogP contribution in [-0.4, -0.2) is 39.7 Å². The number of hydrazone groups is 1. The van der Waals surface area contributed by atoms with Crippen LogP contribution in [0.4, 0.5) is 0 Å². The highest BCUT2D eigenvalue weighted by Gasteiger charge is 2.24. The maximum absolute atomic E-state index is 12.6. The molecule has 0 atom stereocenters. The van der Waals surface area contributed by atoms with E-state index in [2.05, 4.69) is 20.8 Å². The number of aromatic nitrogens is 3. The summed E-state index contributed by atoms with van der Waals surface area (Å²) in [4.78, 5) is 21.3. The Morgan fingerprint density at radius 2 is 1.97 bits per heavy atom. The molecule has 0 aliphatic carbocycles. The van der Waals surface area contributed by atoms with E-state index in [-0.39, 0.29) is 18.4 Å². The van der Waals surface area contributed by atoms with Crippen LogP contribution < -0.4 is 10.7 Å². The van der Waals surface area contributed by atoms with Crippen molar-refractivity contribution in [3.8, 4) is 0 Å². The molecule has 1 amide bonds. The highest BCUT2D eigenvalue weighted by atomic mass is 35.5. The summed E-state index contributed by atoms with van der Waals surface area (Å²) >= 11 is 12.4. The zero-order valence-electron chi connectivity index (χ0n) is 15.6. The molecule has 29 heavy (non-hydrogen) atoms. The molecule has 0 bridgehead atoms. The second-order valence-electron chi connectivity index (χ2n) is 6.91. The van der Waals surface area contributed by atoms with Crippen LogP contribution in [0.25, 0.3) is 11.0 Å². The van der Waals surface area contributed by atoms with E-state index in [4.69, 9.17) is 28.2 Å². The third-order valence-corrected chi connectivity index (χ3v) is 5.66. The highest BCUT2D eigenvalue weighted by Crippen LogP contribution is 2.32. The van der Waals surface area contributed by atoms with E-state index < -0.39 is 0 Å². The highest BCUT2D eigenvalue weighted by molar-refractivity contribution is 6.42. The van der Waals surface area contributed by atoms with Crippen LogP contribution in [0, 0.1) is 0 Å². The molecule has 1 fully saturated rings. The van der Waals surface area contributed by atoms with Gasteiger partial charge in [-0.1, -0.05) is 23.2 Å². The largest absolute Gasteiger partial charge is 0.318 e. The number of carbonyl (C=O) groups excluding carboxylic acids is 1. The minimum absolute atomic E-state index is 0.0986.